The lowest BCUT2D eigenvalue weighted by atomic mass is 10.3. The first-order valence-corrected chi connectivity index (χ1v) is 9.22. The minimum absolute atomic E-state index is 0.0430. The van der Waals surface area contributed by atoms with Gasteiger partial charge in [0.1, 0.15) is 0 Å². The van der Waals surface area contributed by atoms with E-state index in [0.717, 1.165) is 30.7 Å². The fraction of sp³-hybridized carbons (Fsp3) is 0.556. The smallest absolute Gasteiger partial charge is 0.332 e. The molecule has 1 saturated heterocycles. The number of carboxylic acid groups (broad SMARTS) is 1. The van der Waals surface area contributed by atoms with Gasteiger partial charge in [0.25, 0.3) is 5.56 Å². The average Bonchev–Trinajstić information content (AvgIpc) is 3.07. The maximum absolute atomic E-state index is 13.1. The second-order valence-corrected chi connectivity index (χ2v) is 6.63. The molecule has 150 valence electrons. The van der Waals surface area contributed by atoms with Gasteiger partial charge in [-0.05, 0) is 13.3 Å². The quantitative estimate of drug-likeness (QED) is 0.622. The largest absolute Gasteiger partial charge is 0.481 e. The van der Waals surface area contributed by atoms with Gasteiger partial charge in [0.15, 0.2) is 11.2 Å². The normalized spacial score (nSPS) is 14.1. The zero-order valence-electron chi connectivity index (χ0n) is 16.1. The molecule has 10 heteroatoms. The first-order chi connectivity index (χ1) is 13.5. The molecule has 0 aromatic carbocycles. The van der Waals surface area contributed by atoms with E-state index in [4.69, 9.17) is 5.11 Å². The average molecular weight is 388 g/mol. The molecule has 0 radical (unpaired) electrons. The number of imidazole rings is 1. The summed E-state index contributed by atoms with van der Waals surface area (Å²) in [7, 11) is 1.57. The lowest BCUT2D eigenvalue weighted by Gasteiger charge is -2.28. The van der Waals surface area contributed by atoms with E-state index in [0.29, 0.717) is 17.1 Å². The Morgan fingerprint density at radius 3 is 2.61 bits per heavy atom. The number of carbonyl (C=O) groups is 1. The number of piperazine rings is 1. The van der Waals surface area contributed by atoms with Crippen LogP contribution in [0.2, 0.25) is 0 Å². The highest BCUT2D eigenvalue weighted by Gasteiger charge is 2.24. The Balaban J connectivity index is 2.18. The van der Waals surface area contributed by atoms with Gasteiger partial charge in [0, 0.05) is 46.2 Å². The highest BCUT2D eigenvalue weighted by molar-refractivity contribution is 5.75. The van der Waals surface area contributed by atoms with Gasteiger partial charge in [0.2, 0.25) is 5.95 Å². The van der Waals surface area contributed by atoms with Gasteiger partial charge in [-0.1, -0.05) is 5.92 Å². The van der Waals surface area contributed by atoms with Crippen molar-refractivity contribution in [2.75, 3.05) is 31.1 Å². The number of aliphatic carboxylic acids is 1. The molecule has 1 aliphatic rings. The molecule has 2 aromatic rings. The van der Waals surface area contributed by atoms with Gasteiger partial charge in [0.05, 0.1) is 6.54 Å². The predicted molar refractivity (Wildman–Crippen MR) is 105 cm³/mol. The van der Waals surface area contributed by atoms with Crippen LogP contribution in [-0.4, -0.2) is 55.9 Å². The molecule has 1 aliphatic heterocycles. The molecule has 0 spiro atoms. The Morgan fingerprint density at radius 2 is 1.96 bits per heavy atom. The second-order valence-electron chi connectivity index (χ2n) is 6.63. The third-order valence-electron chi connectivity index (χ3n) is 4.80. The van der Waals surface area contributed by atoms with Crippen molar-refractivity contribution in [2.24, 2.45) is 7.05 Å². The first kappa shape index (κ1) is 19.7. The van der Waals surface area contributed by atoms with Gasteiger partial charge in [-0.3, -0.25) is 23.3 Å². The number of anilines is 1. The molecule has 0 unspecified atom stereocenters. The van der Waals surface area contributed by atoms with Crippen molar-refractivity contribution in [1.82, 2.24) is 24.0 Å². The molecule has 0 atom stereocenters. The lowest BCUT2D eigenvalue weighted by molar-refractivity contribution is -0.137. The topological polar surface area (TPSA) is 114 Å². The maximum atomic E-state index is 13.1. The van der Waals surface area contributed by atoms with Crippen LogP contribution < -0.4 is 21.5 Å². The SMILES string of the molecule is CC#CCn1c(N2CCNCC2)nc2c1c(=O)n(CCCC(=O)O)c(=O)n2C. The summed E-state index contributed by atoms with van der Waals surface area (Å²) in [5.41, 5.74) is -0.333. The molecule has 2 N–H and O–H groups in total. The van der Waals surface area contributed by atoms with E-state index in [2.05, 4.69) is 27.0 Å². The lowest BCUT2D eigenvalue weighted by Crippen LogP contribution is -2.44. The maximum Gasteiger partial charge on any atom is 0.332 e. The van der Waals surface area contributed by atoms with Crippen LogP contribution in [0.25, 0.3) is 11.2 Å². The molecule has 0 amide bonds. The first-order valence-electron chi connectivity index (χ1n) is 9.22. The molecule has 10 nitrogen and oxygen atoms in total. The Morgan fingerprint density at radius 1 is 1.25 bits per heavy atom. The van der Waals surface area contributed by atoms with Crippen molar-refractivity contribution < 1.29 is 9.90 Å². The standard InChI is InChI=1S/C18H24N6O4/c1-3-4-9-23-14-15(20-17(23)22-11-7-19-8-12-22)21(2)18(28)24(16(14)27)10-5-6-13(25)26/h19H,5-12H2,1-2H3,(H,25,26). The van der Waals surface area contributed by atoms with E-state index in [9.17, 15) is 14.4 Å². The van der Waals surface area contributed by atoms with E-state index in [1.54, 1.807) is 18.5 Å². The number of aryl methyl sites for hydroxylation is 1. The summed E-state index contributed by atoms with van der Waals surface area (Å²) in [5, 5.41) is 12.1. The van der Waals surface area contributed by atoms with Crippen LogP contribution in [0.1, 0.15) is 19.8 Å². The Hall–Kier alpha value is -3.06. The number of rotatable bonds is 6. The summed E-state index contributed by atoms with van der Waals surface area (Å²) in [6, 6.07) is 0. The van der Waals surface area contributed by atoms with Crippen LogP contribution in [0.5, 0.6) is 0 Å². The van der Waals surface area contributed by atoms with E-state index in [1.165, 1.54) is 4.57 Å². The van der Waals surface area contributed by atoms with E-state index < -0.39 is 17.2 Å². The van der Waals surface area contributed by atoms with Gasteiger partial charge in [-0.2, -0.15) is 4.98 Å². The van der Waals surface area contributed by atoms with E-state index in [-0.39, 0.29) is 25.9 Å². The summed E-state index contributed by atoms with van der Waals surface area (Å²) < 4.78 is 4.19. The Labute approximate surface area is 161 Å². The number of aromatic nitrogens is 4. The van der Waals surface area contributed by atoms with Crippen LogP contribution in [0.4, 0.5) is 5.95 Å². The second kappa shape index (κ2) is 8.31. The molecular weight excluding hydrogens is 364 g/mol. The number of nitrogens with zero attached hydrogens (tertiary/aromatic N) is 5. The molecule has 1 fully saturated rings. The predicted octanol–water partition coefficient (Wildman–Crippen LogP) is -0.806. The van der Waals surface area contributed by atoms with Crippen LogP contribution in [0.15, 0.2) is 9.59 Å². The third-order valence-corrected chi connectivity index (χ3v) is 4.80. The highest BCUT2D eigenvalue weighted by atomic mass is 16.4. The summed E-state index contributed by atoms with van der Waals surface area (Å²) in [5.74, 6) is 5.47. The van der Waals surface area contributed by atoms with Crippen molar-refractivity contribution in [3.8, 4) is 11.8 Å². The highest BCUT2D eigenvalue weighted by Crippen LogP contribution is 2.20. The van der Waals surface area contributed by atoms with Crippen molar-refractivity contribution in [2.45, 2.75) is 32.9 Å². The number of hydrogen-bond donors (Lipinski definition) is 2. The molecule has 2 aromatic heterocycles. The Kier molecular flexibility index (Phi) is 5.84. The fourth-order valence-electron chi connectivity index (χ4n) is 3.36. The number of hydrogen-bond acceptors (Lipinski definition) is 6. The number of carboxylic acids is 1. The Bertz CT molecular complexity index is 1060. The van der Waals surface area contributed by atoms with Crippen molar-refractivity contribution in [3.05, 3.63) is 20.8 Å². The van der Waals surface area contributed by atoms with Crippen LogP contribution >= 0.6 is 0 Å². The molecule has 28 heavy (non-hydrogen) atoms. The minimum Gasteiger partial charge on any atom is -0.481 e. The molecule has 0 aliphatic carbocycles. The van der Waals surface area contributed by atoms with Gasteiger partial charge < -0.3 is 15.3 Å². The van der Waals surface area contributed by atoms with E-state index >= 15 is 0 Å². The number of fused-ring (bicyclic) bond motifs is 1. The zero-order valence-corrected chi connectivity index (χ0v) is 16.1. The van der Waals surface area contributed by atoms with Crippen LogP contribution in [-0.2, 0) is 24.9 Å². The molecule has 3 rings (SSSR count). The molecule has 0 bridgehead atoms. The van der Waals surface area contributed by atoms with Crippen LogP contribution in [0, 0.1) is 11.8 Å². The molecular formula is C18H24N6O4. The molecule has 3 heterocycles. The van der Waals surface area contributed by atoms with Gasteiger partial charge in [-0.15, -0.1) is 5.92 Å². The minimum atomic E-state index is -0.963. The van der Waals surface area contributed by atoms with Gasteiger partial charge in [-0.25, -0.2) is 4.79 Å². The summed E-state index contributed by atoms with van der Waals surface area (Å²) in [6.07, 6.45) is 0.0871. The van der Waals surface area contributed by atoms with Crippen LogP contribution in [0.3, 0.4) is 0 Å². The summed E-state index contributed by atoms with van der Waals surface area (Å²) in [4.78, 5) is 43.3. The number of nitrogens with one attached hydrogen (secondary N) is 1. The van der Waals surface area contributed by atoms with Crippen molar-refractivity contribution in [3.63, 3.8) is 0 Å². The fourth-order valence-corrected chi connectivity index (χ4v) is 3.36. The molecule has 0 saturated carbocycles. The zero-order chi connectivity index (χ0) is 20.3. The van der Waals surface area contributed by atoms with Crippen molar-refractivity contribution in [1.29, 1.82) is 0 Å². The third kappa shape index (κ3) is 3.66. The monoisotopic (exact) mass is 388 g/mol. The summed E-state index contributed by atoms with van der Waals surface area (Å²) >= 11 is 0. The van der Waals surface area contributed by atoms with E-state index in [1.807, 2.05) is 0 Å². The summed E-state index contributed by atoms with van der Waals surface area (Å²) in [6.45, 7) is 5.15. The van der Waals surface area contributed by atoms with Crippen molar-refractivity contribution >= 4 is 23.1 Å². The van der Waals surface area contributed by atoms with Gasteiger partial charge >= 0.3 is 11.7 Å².